The molecule has 20 heavy (non-hydrogen) atoms. The predicted molar refractivity (Wildman–Crippen MR) is 80.6 cm³/mol. The lowest BCUT2D eigenvalue weighted by molar-refractivity contribution is 0.373. The SMILES string of the molecule is COc1ccc(CN2CC(C)c3ccccc32)cc1O. The second-order valence-electron chi connectivity index (χ2n) is 5.35. The number of anilines is 1. The zero-order valence-electron chi connectivity index (χ0n) is 11.8. The van der Waals surface area contributed by atoms with E-state index in [1.807, 2.05) is 12.1 Å². The first-order valence-electron chi connectivity index (χ1n) is 6.89. The Balaban J connectivity index is 1.84. The molecule has 3 nitrogen and oxygen atoms in total. The van der Waals surface area contributed by atoms with Gasteiger partial charge in [-0.3, -0.25) is 0 Å². The monoisotopic (exact) mass is 269 g/mol. The number of phenolic OH excluding ortho intramolecular Hbond substituents is 1. The van der Waals surface area contributed by atoms with E-state index < -0.39 is 0 Å². The minimum Gasteiger partial charge on any atom is -0.504 e. The Hall–Kier alpha value is -2.16. The van der Waals surface area contributed by atoms with Crippen molar-refractivity contribution in [3.8, 4) is 11.5 Å². The molecule has 1 unspecified atom stereocenters. The molecular formula is C17H19NO2. The van der Waals surface area contributed by atoms with Gasteiger partial charge in [0.1, 0.15) is 0 Å². The number of para-hydroxylation sites is 1. The van der Waals surface area contributed by atoms with Gasteiger partial charge >= 0.3 is 0 Å². The van der Waals surface area contributed by atoms with Crippen LogP contribution in [0.15, 0.2) is 42.5 Å². The van der Waals surface area contributed by atoms with Gasteiger partial charge in [0.15, 0.2) is 11.5 Å². The lowest BCUT2D eigenvalue weighted by Crippen LogP contribution is -2.20. The minimum atomic E-state index is 0.200. The summed E-state index contributed by atoms with van der Waals surface area (Å²) in [6.07, 6.45) is 0. The van der Waals surface area contributed by atoms with Gasteiger partial charge in [-0.2, -0.15) is 0 Å². The van der Waals surface area contributed by atoms with E-state index in [9.17, 15) is 5.11 Å². The first-order chi connectivity index (χ1) is 9.69. The summed E-state index contributed by atoms with van der Waals surface area (Å²) in [4.78, 5) is 2.36. The third-order valence-corrected chi connectivity index (χ3v) is 3.92. The van der Waals surface area contributed by atoms with Gasteiger partial charge in [-0.1, -0.05) is 31.2 Å². The molecule has 104 valence electrons. The second kappa shape index (κ2) is 5.08. The van der Waals surface area contributed by atoms with E-state index >= 15 is 0 Å². The minimum absolute atomic E-state index is 0.200. The number of nitrogens with zero attached hydrogens (tertiary/aromatic N) is 1. The van der Waals surface area contributed by atoms with E-state index in [-0.39, 0.29) is 5.75 Å². The molecule has 2 aromatic rings. The molecular weight excluding hydrogens is 250 g/mol. The third kappa shape index (κ3) is 2.20. The maximum atomic E-state index is 9.87. The van der Waals surface area contributed by atoms with Crippen LogP contribution >= 0.6 is 0 Å². The van der Waals surface area contributed by atoms with Crippen molar-refractivity contribution in [3.05, 3.63) is 53.6 Å². The van der Waals surface area contributed by atoms with E-state index in [1.165, 1.54) is 11.3 Å². The number of ether oxygens (including phenoxy) is 1. The maximum absolute atomic E-state index is 9.87. The number of hydrogen-bond acceptors (Lipinski definition) is 3. The number of benzene rings is 2. The van der Waals surface area contributed by atoms with Crippen molar-refractivity contribution in [2.45, 2.75) is 19.4 Å². The van der Waals surface area contributed by atoms with Gasteiger partial charge in [-0.05, 0) is 29.3 Å². The molecule has 3 rings (SSSR count). The lowest BCUT2D eigenvalue weighted by atomic mass is 10.0. The zero-order valence-corrected chi connectivity index (χ0v) is 11.8. The van der Waals surface area contributed by atoms with Crippen LogP contribution in [0, 0.1) is 0 Å². The summed E-state index contributed by atoms with van der Waals surface area (Å²) in [5.74, 6) is 1.27. The Morgan fingerprint density at radius 2 is 2.05 bits per heavy atom. The topological polar surface area (TPSA) is 32.7 Å². The normalized spacial score (nSPS) is 17.1. The number of phenols is 1. The predicted octanol–water partition coefficient (Wildman–Crippen LogP) is 3.52. The fraction of sp³-hybridized carbons (Fsp3) is 0.294. The fourth-order valence-electron chi connectivity index (χ4n) is 2.92. The molecule has 0 radical (unpaired) electrons. The first kappa shape index (κ1) is 12.9. The van der Waals surface area contributed by atoms with Gasteiger partial charge < -0.3 is 14.7 Å². The molecule has 3 heteroatoms. The molecule has 1 heterocycles. The van der Waals surface area contributed by atoms with Crippen molar-refractivity contribution >= 4 is 5.69 Å². The number of hydrogen-bond donors (Lipinski definition) is 1. The van der Waals surface area contributed by atoms with Crippen molar-refractivity contribution in [3.63, 3.8) is 0 Å². The molecule has 2 aromatic carbocycles. The van der Waals surface area contributed by atoms with Crippen LogP contribution in [0.1, 0.15) is 24.0 Å². The number of rotatable bonds is 3. The van der Waals surface area contributed by atoms with Crippen LogP contribution in [0.4, 0.5) is 5.69 Å². The van der Waals surface area contributed by atoms with Gasteiger partial charge in [0, 0.05) is 24.7 Å². The van der Waals surface area contributed by atoms with Crippen LogP contribution < -0.4 is 9.64 Å². The average Bonchev–Trinajstić information content (AvgIpc) is 2.76. The summed E-state index contributed by atoms with van der Waals surface area (Å²) in [7, 11) is 1.56. The van der Waals surface area contributed by atoms with Crippen molar-refractivity contribution in [1.29, 1.82) is 0 Å². The van der Waals surface area contributed by atoms with Crippen LogP contribution in [0.25, 0.3) is 0 Å². The molecule has 0 spiro atoms. The van der Waals surface area contributed by atoms with E-state index in [2.05, 4.69) is 36.1 Å². The van der Waals surface area contributed by atoms with E-state index in [1.54, 1.807) is 13.2 Å². The van der Waals surface area contributed by atoms with Crippen molar-refractivity contribution in [2.75, 3.05) is 18.6 Å². The number of aromatic hydroxyl groups is 1. The van der Waals surface area contributed by atoms with Gasteiger partial charge in [-0.25, -0.2) is 0 Å². The van der Waals surface area contributed by atoms with Crippen LogP contribution in [0.5, 0.6) is 11.5 Å². The van der Waals surface area contributed by atoms with Gasteiger partial charge in [0.25, 0.3) is 0 Å². The Morgan fingerprint density at radius 3 is 2.80 bits per heavy atom. The summed E-state index contributed by atoms with van der Waals surface area (Å²) in [5.41, 5.74) is 3.80. The summed E-state index contributed by atoms with van der Waals surface area (Å²) in [6, 6.07) is 14.1. The molecule has 0 amide bonds. The number of methoxy groups -OCH3 is 1. The summed E-state index contributed by atoms with van der Waals surface area (Å²) in [5, 5.41) is 9.87. The highest BCUT2D eigenvalue weighted by Gasteiger charge is 2.24. The molecule has 0 saturated heterocycles. The van der Waals surface area contributed by atoms with Gasteiger partial charge in [0.05, 0.1) is 7.11 Å². The smallest absolute Gasteiger partial charge is 0.160 e. The van der Waals surface area contributed by atoms with Gasteiger partial charge in [-0.15, -0.1) is 0 Å². The standard InChI is InChI=1S/C17H19NO2/c1-12-10-18(15-6-4-3-5-14(12)15)11-13-7-8-17(20-2)16(19)9-13/h3-9,12,19H,10-11H2,1-2H3. The second-order valence-corrected chi connectivity index (χ2v) is 5.35. The van der Waals surface area contributed by atoms with Crippen LogP contribution in [0.2, 0.25) is 0 Å². The van der Waals surface area contributed by atoms with E-state index in [4.69, 9.17) is 4.74 Å². The van der Waals surface area contributed by atoms with Crippen LogP contribution in [-0.4, -0.2) is 18.8 Å². The van der Waals surface area contributed by atoms with E-state index in [0.717, 1.165) is 18.7 Å². The largest absolute Gasteiger partial charge is 0.504 e. The summed E-state index contributed by atoms with van der Waals surface area (Å²) in [6.45, 7) is 4.08. The first-order valence-corrected chi connectivity index (χ1v) is 6.89. The van der Waals surface area contributed by atoms with Crippen LogP contribution in [0.3, 0.4) is 0 Å². The van der Waals surface area contributed by atoms with Crippen molar-refractivity contribution in [1.82, 2.24) is 0 Å². The van der Waals surface area contributed by atoms with E-state index in [0.29, 0.717) is 11.7 Å². The molecule has 1 N–H and O–H groups in total. The average molecular weight is 269 g/mol. The molecule has 1 aliphatic heterocycles. The molecule has 0 fully saturated rings. The molecule has 1 atom stereocenters. The quantitative estimate of drug-likeness (QED) is 0.925. The highest BCUT2D eigenvalue weighted by molar-refractivity contribution is 5.60. The molecule has 0 saturated carbocycles. The molecule has 0 aliphatic carbocycles. The Morgan fingerprint density at radius 1 is 1.25 bits per heavy atom. The third-order valence-electron chi connectivity index (χ3n) is 3.92. The number of fused-ring (bicyclic) bond motifs is 1. The summed E-state index contributed by atoms with van der Waals surface area (Å²) >= 11 is 0. The Kier molecular flexibility index (Phi) is 3.26. The summed E-state index contributed by atoms with van der Waals surface area (Å²) < 4.78 is 5.08. The van der Waals surface area contributed by atoms with Crippen molar-refractivity contribution < 1.29 is 9.84 Å². The molecule has 0 aromatic heterocycles. The highest BCUT2D eigenvalue weighted by Crippen LogP contribution is 2.37. The zero-order chi connectivity index (χ0) is 14.1. The van der Waals surface area contributed by atoms with Gasteiger partial charge in [0.2, 0.25) is 0 Å². The highest BCUT2D eigenvalue weighted by atomic mass is 16.5. The maximum Gasteiger partial charge on any atom is 0.160 e. The Bertz CT molecular complexity index is 624. The lowest BCUT2D eigenvalue weighted by Gasteiger charge is -2.20. The van der Waals surface area contributed by atoms with Crippen LogP contribution in [-0.2, 0) is 6.54 Å². The van der Waals surface area contributed by atoms with Crippen molar-refractivity contribution in [2.24, 2.45) is 0 Å². The molecule has 1 aliphatic rings. The fourth-order valence-corrected chi connectivity index (χ4v) is 2.92. The Labute approximate surface area is 119 Å². The molecule has 0 bridgehead atoms.